The Bertz CT molecular complexity index is 723. The largest absolute Gasteiger partial charge is 0.357 e. The number of hydrogen-bond acceptors (Lipinski definition) is 4. The summed E-state index contributed by atoms with van der Waals surface area (Å²) in [6.45, 7) is 0.349. The van der Waals surface area contributed by atoms with Gasteiger partial charge in [-0.25, -0.2) is 0 Å². The summed E-state index contributed by atoms with van der Waals surface area (Å²) in [6.07, 6.45) is 2.49. The minimum Gasteiger partial charge on any atom is -0.357 e. The van der Waals surface area contributed by atoms with Crippen molar-refractivity contribution in [2.24, 2.45) is 0 Å². The molecule has 0 aromatic heterocycles. The summed E-state index contributed by atoms with van der Waals surface area (Å²) in [5.74, 6) is 0.785. The van der Waals surface area contributed by atoms with Crippen LogP contribution in [0.3, 0.4) is 0 Å². The first-order valence-corrected chi connectivity index (χ1v) is 6.07. The van der Waals surface area contributed by atoms with Crippen molar-refractivity contribution in [3.8, 4) is 6.07 Å². The molecule has 0 bridgehead atoms. The van der Waals surface area contributed by atoms with Gasteiger partial charge in [-0.05, 0) is 11.6 Å². The molecule has 0 spiro atoms. The highest BCUT2D eigenvalue weighted by Gasteiger charge is 2.35. The number of fused-ring (bicyclic) bond motifs is 4. The Balaban J connectivity index is 1.83. The van der Waals surface area contributed by atoms with E-state index in [2.05, 4.69) is 16.7 Å². The van der Waals surface area contributed by atoms with Crippen LogP contribution in [-0.2, 0) is 11.2 Å². The van der Waals surface area contributed by atoms with Gasteiger partial charge in [-0.2, -0.15) is 5.26 Å². The van der Waals surface area contributed by atoms with Gasteiger partial charge >= 0.3 is 0 Å². The van der Waals surface area contributed by atoms with Crippen LogP contribution >= 0.6 is 0 Å². The van der Waals surface area contributed by atoms with E-state index in [9.17, 15) is 10.1 Å². The molecule has 1 aliphatic carbocycles. The van der Waals surface area contributed by atoms with E-state index in [0.717, 1.165) is 28.3 Å². The van der Waals surface area contributed by atoms with Gasteiger partial charge in [0, 0.05) is 23.9 Å². The second-order valence-corrected chi connectivity index (χ2v) is 4.75. The van der Waals surface area contributed by atoms with Gasteiger partial charge in [0.2, 0.25) is 5.91 Å². The maximum atomic E-state index is 11.5. The molecule has 0 atom stereocenters. The summed E-state index contributed by atoms with van der Waals surface area (Å²) < 4.78 is 0. The molecule has 2 aliphatic heterocycles. The number of nitrogens with zero attached hydrogens (tertiary/aromatic N) is 2. The fraction of sp³-hybridized carbons (Fsp3) is 0.143. The van der Waals surface area contributed by atoms with Crippen molar-refractivity contribution in [3.63, 3.8) is 0 Å². The quantitative estimate of drug-likeness (QED) is 0.708. The molecular weight excluding hydrogens is 240 g/mol. The summed E-state index contributed by atoms with van der Waals surface area (Å²) in [4.78, 5) is 13.5. The van der Waals surface area contributed by atoms with Gasteiger partial charge in [-0.15, -0.1) is 0 Å². The highest BCUT2D eigenvalue weighted by atomic mass is 16.2. The van der Waals surface area contributed by atoms with Gasteiger partial charge in [-0.1, -0.05) is 12.1 Å². The van der Waals surface area contributed by atoms with E-state index in [4.69, 9.17) is 0 Å². The standard InChI is InChI=1S/C14H10N4O/c15-5-8-2-1-3-9-10(8)4-11-14(9)16-6-12-17-13(19)7-18(11)12/h1-3,6,16H,4,7H2,(H,17,19). The van der Waals surface area contributed by atoms with Crippen LogP contribution in [-0.4, -0.2) is 17.4 Å². The molecule has 5 heteroatoms. The Hall–Kier alpha value is -2.74. The summed E-state index contributed by atoms with van der Waals surface area (Å²) in [5, 5.41) is 15.2. The van der Waals surface area contributed by atoms with Crippen LogP contribution in [0.5, 0.6) is 0 Å². The van der Waals surface area contributed by atoms with E-state index in [-0.39, 0.29) is 5.91 Å². The van der Waals surface area contributed by atoms with Crippen LogP contribution in [0.15, 0.2) is 35.9 Å². The maximum absolute atomic E-state index is 11.5. The fourth-order valence-electron chi connectivity index (χ4n) is 2.89. The normalized spacial score (nSPS) is 19.0. The smallest absolute Gasteiger partial charge is 0.245 e. The highest BCUT2D eigenvalue weighted by molar-refractivity contribution is 5.86. The summed E-state index contributed by atoms with van der Waals surface area (Å²) in [6, 6.07) is 7.97. The number of benzene rings is 1. The van der Waals surface area contributed by atoms with Gasteiger partial charge < -0.3 is 15.5 Å². The second-order valence-electron chi connectivity index (χ2n) is 4.75. The lowest BCUT2D eigenvalue weighted by Gasteiger charge is -2.25. The van der Waals surface area contributed by atoms with E-state index in [1.165, 1.54) is 0 Å². The molecule has 1 fully saturated rings. The molecule has 3 aliphatic rings. The predicted molar refractivity (Wildman–Crippen MR) is 67.8 cm³/mol. The highest BCUT2D eigenvalue weighted by Crippen LogP contribution is 2.38. The van der Waals surface area contributed by atoms with E-state index < -0.39 is 0 Å². The Morgan fingerprint density at radius 2 is 2.26 bits per heavy atom. The van der Waals surface area contributed by atoms with Crippen LogP contribution in [0, 0.1) is 11.3 Å². The zero-order chi connectivity index (χ0) is 13.0. The molecular formula is C14H10N4O. The Morgan fingerprint density at radius 3 is 3.11 bits per heavy atom. The van der Waals surface area contributed by atoms with Gasteiger partial charge in [0.05, 0.1) is 17.3 Å². The van der Waals surface area contributed by atoms with Crippen LogP contribution in [0.25, 0.3) is 5.70 Å². The van der Waals surface area contributed by atoms with E-state index >= 15 is 0 Å². The van der Waals surface area contributed by atoms with E-state index in [1.54, 1.807) is 6.20 Å². The minimum atomic E-state index is -0.00161. The molecule has 1 aromatic carbocycles. The number of hydrogen-bond donors (Lipinski definition) is 2. The minimum absolute atomic E-state index is 0.00161. The fourth-order valence-corrected chi connectivity index (χ4v) is 2.89. The average Bonchev–Trinajstić information content (AvgIpc) is 2.97. The lowest BCUT2D eigenvalue weighted by Crippen LogP contribution is -2.28. The average molecular weight is 250 g/mol. The first-order chi connectivity index (χ1) is 9.28. The van der Waals surface area contributed by atoms with Gasteiger partial charge in [0.25, 0.3) is 0 Å². The summed E-state index contributed by atoms with van der Waals surface area (Å²) >= 11 is 0. The molecule has 1 amide bonds. The zero-order valence-corrected chi connectivity index (χ0v) is 10.0. The van der Waals surface area contributed by atoms with Crippen molar-refractivity contribution in [3.05, 3.63) is 52.6 Å². The number of nitrogens with one attached hydrogen (secondary N) is 2. The number of carbonyl (C=O) groups excluding carboxylic acids is 1. The molecule has 5 nitrogen and oxygen atoms in total. The zero-order valence-electron chi connectivity index (χ0n) is 10.0. The number of nitriles is 1. The van der Waals surface area contributed by atoms with Gasteiger partial charge in [0.1, 0.15) is 12.4 Å². The third-order valence-electron chi connectivity index (χ3n) is 3.74. The Morgan fingerprint density at radius 1 is 1.37 bits per heavy atom. The van der Waals surface area contributed by atoms with E-state index in [0.29, 0.717) is 18.5 Å². The summed E-state index contributed by atoms with van der Waals surface area (Å²) in [7, 11) is 0. The second kappa shape index (κ2) is 3.39. The number of rotatable bonds is 0. The number of allylic oxidation sites excluding steroid dienone is 1. The maximum Gasteiger partial charge on any atom is 0.245 e. The van der Waals surface area contributed by atoms with Crippen molar-refractivity contribution in [1.29, 1.82) is 5.26 Å². The lowest BCUT2D eigenvalue weighted by atomic mass is 10.0. The molecule has 0 radical (unpaired) electrons. The van der Waals surface area contributed by atoms with Gasteiger partial charge in [-0.3, -0.25) is 4.79 Å². The third kappa shape index (κ3) is 1.25. The van der Waals surface area contributed by atoms with Crippen molar-refractivity contribution in [1.82, 2.24) is 15.5 Å². The van der Waals surface area contributed by atoms with Crippen LogP contribution in [0.4, 0.5) is 0 Å². The topological polar surface area (TPSA) is 68.2 Å². The van der Waals surface area contributed by atoms with Crippen molar-refractivity contribution in [2.45, 2.75) is 6.42 Å². The molecule has 19 heavy (non-hydrogen) atoms. The Labute approximate surface area is 109 Å². The van der Waals surface area contributed by atoms with Crippen LogP contribution < -0.4 is 10.6 Å². The first kappa shape index (κ1) is 10.2. The molecule has 0 saturated carbocycles. The summed E-state index contributed by atoms with van der Waals surface area (Å²) in [5.41, 5.74) is 4.87. The number of carbonyl (C=O) groups is 1. The third-order valence-corrected chi connectivity index (χ3v) is 3.74. The van der Waals surface area contributed by atoms with Crippen molar-refractivity contribution < 1.29 is 4.79 Å². The monoisotopic (exact) mass is 250 g/mol. The van der Waals surface area contributed by atoms with E-state index in [1.807, 2.05) is 23.1 Å². The molecule has 0 unspecified atom stereocenters. The number of amides is 1. The lowest BCUT2D eigenvalue weighted by molar-refractivity contribution is -0.118. The molecule has 1 saturated heterocycles. The molecule has 2 heterocycles. The predicted octanol–water partition coefficient (Wildman–Crippen LogP) is 0.617. The molecule has 4 rings (SSSR count). The van der Waals surface area contributed by atoms with Gasteiger partial charge in [0.15, 0.2) is 0 Å². The first-order valence-electron chi connectivity index (χ1n) is 6.07. The SMILES string of the molecule is N#Cc1cccc2c1CC1=C2NC=C2NC(=O)CN21. The van der Waals surface area contributed by atoms with Crippen LogP contribution in [0.1, 0.15) is 16.7 Å². The molecule has 1 aromatic rings. The Kier molecular flexibility index (Phi) is 1.82. The molecule has 92 valence electrons. The van der Waals surface area contributed by atoms with Crippen molar-refractivity contribution >= 4 is 11.6 Å². The van der Waals surface area contributed by atoms with Crippen molar-refractivity contribution in [2.75, 3.05) is 6.54 Å². The molecule has 2 N–H and O–H groups in total. The van der Waals surface area contributed by atoms with Crippen LogP contribution in [0.2, 0.25) is 0 Å².